The van der Waals surface area contributed by atoms with E-state index in [-0.39, 0.29) is 24.7 Å². The largest absolute Gasteiger partial charge is 0.478 e. The molecule has 0 unspecified atom stereocenters. The number of carbonyl (C=O) groups excluding carboxylic acids is 1. The number of aromatic nitrogens is 4. The summed E-state index contributed by atoms with van der Waals surface area (Å²) in [7, 11) is 1.61. The fourth-order valence-electron chi connectivity index (χ4n) is 1.61. The highest BCUT2D eigenvalue weighted by Crippen LogP contribution is 2.02. The third-order valence-electron chi connectivity index (χ3n) is 2.68. The second-order valence-electron chi connectivity index (χ2n) is 4.29. The van der Waals surface area contributed by atoms with Gasteiger partial charge in [0.2, 0.25) is 0 Å². The monoisotopic (exact) mass is 290 g/mol. The molecule has 9 nitrogen and oxygen atoms in total. The predicted molar refractivity (Wildman–Crippen MR) is 71.3 cm³/mol. The van der Waals surface area contributed by atoms with Gasteiger partial charge in [-0.3, -0.25) is 10.1 Å². The average molecular weight is 290 g/mol. The molecule has 0 aliphatic carbocycles. The van der Waals surface area contributed by atoms with Crippen LogP contribution in [0.1, 0.15) is 21.9 Å². The Morgan fingerprint density at radius 2 is 2.24 bits per heavy atom. The number of carboxylic acid groups (broad SMARTS) is 1. The van der Waals surface area contributed by atoms with Gasteiger partial charge in [-0.2, -0.15) is 5.10 Å². The lowest BCUT2D eigenvalue weighted by atomic mass is 10.2. The number of urea groups is 1. The number of aromatic carboxylic acids is 1. The molecule has 0 bridgehead atoms. The van der Waals surface area contributed by atoms with Crippen molar-refractivity contribution >= 4 is 12.0 Å². The smallest absolute Gasteiger partial charge is 0.335 e. The van der Waals surface area contributed by atoms with Crippen molar-refractivity contribution in [3.63, 3.8) is 0 Å². The maximum Gasteiger partial charge on any atom is 0.335 e. The molecule has 0 atom stereocenters. The van der Waals surface area contributed by atoms with Crippen LogP contribution in [0, 0.1) is 0 Å². The van der Waals surface area contributed by atoms with Gasteiger partial charge in [0.25, 0.3) is 0 Å². The van der Waals surface area contributed by atoms with E-state index in [1.54, 1.807) is 7.05 Å². The molecule has 2 aromatic rings. The highest BCUT2D eigenvalue weighted by Gasteiger charge is 2.11. The zero-order valence-electron chi connectivity index (χ0n) is 11.3. The van der Waals surface area contributed by atoms with Gasteiger partial charge in [0.05, 0.1) is 24.3 Å². The second kappa shape index (κ2) is 6.46. The second-order valence-corrected chi connectivity index (χ2v) is 4.29. The van der Waals surface area contributed by atoms with E-state index in [9.17, 15) is 9.59 Å². The summed E-state index contributed by atoms with van der Waals surface area (Å²) in [6.45, 7) is 0.426. The van der Waals surface area contributed by atoms with Crippen LogP contribution in [0.15, 0.2) is 24.7 Å². The van der Waals surface area contributed by atoms with Crippen LogP contribution in [0.4, 0.5) is 4.79 Å². The number of H-pyrrole nitrogens is 1. The highest BCUT2D eigenvalue weighted by molar-refractivity contribution is 5.87. The normalized spacial score (nSPS) is 10.1. The first-order chi connectivity index (χ1) is 10.1. The number of pyridine rings is 1. The Hall–Kier alpha value is -2.97. The van der Waals surface area contributed by atoms with Gasteiger partial charge in [0.1, 0.15) is 12.2 Å². The van der Waals surface area contributed by atoms with Crippen molar-refractivity contribution < 1.29 is 14.7 Å². The first kappa shape index (κ1) is 14.4. The van der Waals surface area contributed by atoms with Gasteiger partial charge in [-0.25, -0.2) is 14.6 Å². The third-order valence-corrected chi connectivity index (χ3v) is 2.68. The lowest BCUT2D eigenvalue weighted by Gasteiger charge is -2.16. The Morgan fingerprint density at radius 1 is 1.43 bits per heavy atom. The summed E-state index contributed by atoms with van der Waals surface area (Å²) in [5.41, 5.74) is 0.598. The van der Waals surface area contributed by atoms with Crippen LogP contribution in [-0.2, 0) is 13.1 Å². The molecule has 0 saturated heterocycles. The summed E-state index contributed by atoms with van der Waals surface area (Å²) < 4.78 is 0. The quantitative estimate of drug-likeness (QED) is 0.724. The minimum atomic E-state index is -1.03. The Morgan fingerprint density at radius 3 is 2.90 bits per heavy atom. The fourth-order valence-corrected chi connectivity index (χ4v) is 1.61. The molecular formula is C12H14N6O3. The van der Waals surface area contributed by atoms with Crippen LogP contribution in [0.3, 0.4) is 0 Å². The van der Waals surface area contributed by atoms with E-state index in [1.165, 1.54) is 29.6 Å². The average Bonchev–Trinajstić information content (AvgIpc) is 2.97. The van der Waals surface area contributed by atoms with Crippen molar-refractivity contribution in [1.29, 1.82) is 0 Å². The van der Waals surface area contributed by atoms with Gasteiger partial charge in [-0.15, -0.1) is 0 Å². The van der Waals surface area contributed by atoms with Crippen LogP contribution in [-0.4, -0.2) is 49.2 Å². The van der Waals surface area contributed by atoms with Crippen molar-refractivity contribution in [2.75, 3.05) is 7.05 Å². The molecule has 0 fully saturated rings. The van der Waals surface area contributed by atoms with Gasteiger partial charge in [0.15, 0.2) is 0 Å². The molecule has 0 aromatic carbocycles. The first-order valence-electron chi connectivity index (χ1n) is 6.07. The Bertz CT molecular complexity index is 628. The lowest BCUT2D eigenvalue weighted by Crippen LogP contribution is -2.36. The fraction of sp³-hybridized carbons (Fsp3) is 0.250. The van der Waals surface area contributed by atoms with Crippen LogP contribution in [0.25, 0.3) is 0 Å². The van der Waals surface area contributed by atoms with E-state index in [0.717, 1.165) is 0 Å². The van der Waals surface area contributed by atoms with Gasteiger partial charge in [0, 0.05) is 13.2 Å². The maximum absolute atomic E-state index is 11.9. The predicted octanol–water partition coefficient (Wildman–Crippen LogP) is 0.239. The number of carboxylic acids is 1. The Balaban J connectivity index is 1.88. The number of hydrogen-bond acceptors (Lipinski definition) is 5. The molecule has 0 spiro atoms. The van der Waals surface area contributed by atoms with Gasteiger partial charge >= 0.3 is 12.0 Å². The first-order valence-corrected chi connectivity index (χ1v) is 6.07. The number of nitrogens with one attached hydrogen (secondary N) is 2. The van der Waals surface area contributed by atoms with Gasteiger partial charge in [-0.1, -0.05) is 0 Å². The summed E-state index contributed by atoms with van der Waals surface area (Å²) >= 11 is 0. The molecule has 2 rings (SSSR count). The van der Waals surface area contributed by atoms with E-state index in [1.807, 2.05) is 0 Å². The molecule has 21 heavy (non-hydrogen) atoms. The van der Waals surface area contributed by atoms with Crippen molar-refractivity contribution in [2.45, 2.75) is 13.1 Å². The Kier molecular flexibility index (Phi) is 4.44. The summed E-state index contributed by atoms with van der Waals surface area (Å²) in [5.74, 6) is -0.467. The molecule has 3 N–H and O–H groups in total. The maximum atomic E-state index is 11.9. The molecule has 0 aliphatic heterocycles. The molecule has 0 radical (unpaired) electrons. The number of rotatable bonds is 5. The number of amides is 2. The minimum Gasteiger partial charge on any atom is -0.478 e. The standard InChI is InChI=1S/C12H14N6O3/c1-18(6-10-15-7-16-17-10)12(21)14-5-9-4-8(11(19)20)2-3-13-9/h2-4,7H,5-6H2,1H3,(H,14,21)(H,19,20)(H,15,16,17). The zero-order chi connectivity index (χ0) is 15.2. The zero-order valence-corrected chi connectivity index (χ0v) is 11.3. The number of aromatic amines is 1. The minimum absolute atomic E-state index is 0.129. The van der Waals surface area contributed by atoms with Crippen LogP contribution < -0.4 is 5.32 Å². The van der Waals surface area contributed by atoms with E-state index in [4.69, 9.17) is 5.11 Å². The summed E-state index contributed by atoms with van der Waals surface area (Å²) in [5, 5.41) is 17.9. The van der Waals surface area contributed by atoms with E-state index < -0.39 is 5.97 Å². The van der Waals surface area contributed by atoms with Crippen molar-refractivity contribution in [3.8, 4) is 0 Å². The molecular weight excluding hydrogens is 276 g/mol. The summed E-state index contributed by atoms with van der Waals surface area (Å²) in [6, 6.07) is 2.48. The molecule has 0 aliphatic rings. The molecule has 0 saturated carbocycles. The molecule has 110 valence electrons. The number of carbonyl (C=O) groups is 2. The van der Waals surface area contributed by atoms with Crippen LogP contribution >= 0.6 is 0 Å². The van der Waals surface area contributed by atoms with Gasteiger partial charge in [-0.05, 0) is 12.1 Å². The van der Waals surface area contributed by atoms with Gasteiger partial charge < -0.3 is 15.3 Å². The summed E-state index contributed by atoms with van der Waals surface area (Å²) in [4.78, 5) is 32.1. The van der Waals surface area contributed by atoms with Crippen molar-refractivity contribution in [1.82, 2.24) is 30.4 Å². The topological polar surface area (TPSA) is 124 Å². The molecule has 2 aromatic heterocycles. The molecule has 2 heterocycles. The van der Waals surface area contributed by atoms with Crippen LogP contribution in [0.2, 0.25) is 0 Å². The molecule has 9 heteroatoms. The van der Waals surface area contributed by atoms with E-state index >= 15 is 0 Å². The van der Waals surface area contributed by atoms with Crippen LogP contribution in [0.5, 0.6) is 0 Å². The van der Waals surface area contributed by atoms with E-state index in [2.05, 4.69) is 25.5 Å². The third kappa shape index (κ3) is 4.00. The van der Waals surface area contributed by atoms with E-state index in [0.29, 0.717) is 11.5 Å². The van der Waals surface area contributed by atoms with Crippen molar-refractivity contribution in [2.24, 2.45) is 0 Å². The number of hydrogen-bond donors (Lipinski definition) is 3. The Labute approximate surface area is 120 Å². The molecule has 2 amide bonds. The highest BCUT2D eigenvalue weighted by atomic mass is 16.4. The lowest BCUT2D eigenvalue weighted by molar-refractivity contribution is 0.0696. The SMILES string of the molecule is CN(Cc1ncn[nH]1)C(=O)NCc1cc(C(=O)O)ccn1. The number of nitrogens with zero attached hydrogens (tertiary/aromatic N) is 4. The summed E-state index contributed by atoms with van der Waals surface area (Å²) in [6.07, 6.45) is 2.76. The van der Waals surface area contributed by atoms with Crippen molar-refractivity contribution in [3.05, 3.63) is 41.7 Å².